The zero-order valence-electron chi connectivity index (χ0n) is 11.4. The number of carbonyl (C=O) groups is 1. The number of hydrogen-bond acceptors (Lipinski definition) is 3. The van der Waals surface area contributed by atoms with Gasteiger partial charge in [-0.2, -0.15) is 0 Å². The van der Waals surface area contributed by atoms with E-state index in [0.29, 0.717) is 12.5 Å². The zero-order chi connectivity index (χ0) is 13.2. The molecule has 2 fully saturated rings. The third kappa shape index (κ3) is 2.86. The highest BCUT2D eigenvalue weighted by Gasteiger charge is 2.39. The molecule has 1 amide bonds. The fourth-order valence-corrected chi connectivity index (χ4v) is 3.32. The van der Waals surface area contributed by atoms with Crippen LogP contribution in [-0.4, -0.2) is 35.9 Å². The Morgan fingerprint density at radius 1 is 1.44 bits per heavy atom. The van der Waals surface area contributed by atoms with Crippen LogP contribution in [0.1, 0.15) is 46.0 Å². The predicted molar refractivity (Wildman–Crippen MR) is 69.1 cm³/mol. The van der Waals surface area contributed by atoms with Gasteiger partial charge in [-0.3, -0.25) is 4.79 Å². The molecule has 2 aliphatic rings. The van der Waals surface area contributed by atoms with Gasteiger partial charge in [0.2, 0.25) is 5.91 Å². The van der Waals surface area contributed by atoms with Crippen molar-refractivity contribution in [1.82, 2.24) is 5.32 Å². The lowest BCUT2D eigenvalue weighted by Crippen LogP contribution is -2.56. The maximum Gasteiger partial charge on any atom is 0.249 e. The Labute approximate surface area is 109 Å². The van der Waals surface area contributed by atoms with Gasteiger partial charge in [-0.25, -0.2) is 0 Å². The second kappa shape index (κ2) is 5.57. The van der Waals surface area contributed by atoms with Gasteiger partial charge in [-0.05, 0) is 31.1 Å². The Morgan fingerprint density at radius 2 is 2.22 bits per heavy atom. The molecule has 1 aliphatic carbocycles. The summed E-state index contributed by atoms with van der Waals surface area (Å²) in [5, 5.41) is 12.7. The quantitative estimate of drug-likeness (QED) is 0.803. The van der Waals surface area contributed by atoms with E-state index in [0.717, 1.165) is 25.7 Å². The third-order valence-electron chi connectivity index (χ3n) is 4.43. The maximum absolute atomic E-state index is 12.2. The summed E-state index contributed by atoms with van der Waals surface area (Å²) in [7, 11) is 0. The molecule has 0 aromatic heterocycles. The van der Waals surface area contributed by atoms with Crippen molar-refractivity contribution in [3.63, 3.8) is 0 Å². The Kier molecular flexibility index (Phi) is 4.28. The number of nitrogens with one attached hydrogen (secondary N) is 1. The Hall–Kier alpha value is -0.610. The van der Waals surface area contributed by atoms with E-state index in [1.165, 1.54) is 6.42 Å². The summed E-state index contributed by atoms with van der Waals surface area (Å²) >= 11 is 0. The normalized spacial score (nSPS) is 40.7. The Bertz CT molecular complexity index is 307. The summed E-state index contributed by atoms with van der Waals surface area (Å²) in [5.74, 6) is 0.804. The van der Waals surface area contributed by atoms with Crippen LogP contribution in [0.4, 0.5) is 0 Å². The first-order chi connectivity index (χ1) is 8.56. The van der Waals surface area contributed by atoms with Crippen molar-refractivity contribution in [2.75, 3.05) is 13.2 Å². The molecule has 2 N–H and O–H groups in total. The first-order valence-electron chi connectivity index (χ1n) is 7.11. The summed E-state index contributed by atoms with van der Waals surface area (Å²) in [4.78, 5) is 12.2. The summed E-state index contributed by atoms with van der Waals surface area (Å²) in [6.45, 7) is 4.93. The van der Waals surface area contributed by atoms with Crippen LogP contribution in [0, 0.1) is 11.8 Å². The average molecular weight is 255 g/mol. The first-order valence-corrected chi connectivity index (χ1v) is 7.11. The van der Waals surface area contributed by atoms with Gasteiger partial charge in [-0.15, -0.1) is 0 Å². The standard InChI is InChI=1S/C14H25NO3/c1-10-4-3-6-14(8-10,9-16)15-13(17)12-11(2)5-7-18-12/h10-12,16H,3-9H2,1-2H3,(H,15,17). The molecule has 4 nitrogen and oxygen atoms in total. The highest BCUT2D eigenvalue weighted by Crippen LogP contribution is 2.32. The van der Waals surface area contributed by atoms with Crippen LogP contribution in [0.25, 0.3) is 0 Å². The molecule has 0 bridgehead atoms. The molecule has 0 radical (unpaired) electrons. The topological polar surface area (TPSA) is 58.6 Å². The lowest BCUT2D eigenvalue weighted by atomic mass is 9.76. The smallest absolute Gasteiger partial charge is 0.249 e. The van der Waals surface area contributed by atoms with Crippen LogP contribution in [0.15, 0.2) is 0 Å². The lowest BCUT2D eigenvalue weighted by Gasteiger charge is -2.40. The van der Waals surface area contributed by atoms with Crippen molar-refractivity contribution in [3.05, 3.63) is 0 Å². The number of ether oxygens (including phenoxy) is 1. The molecule has 1 saturated heterocycles. The molecular formula is C14H25NO3. The lowest BCUT2D eigenvalue weighted by molar-refractivity contribution is -0.135. The minimum atomic E-state index is -0.416. The van der Waals surface area contributed by atoms with Gasteiger partial charge in [0.1, 0.15) is 6.10 Å². The van der Waals surface area contributed by atoms with E-state index in [-0.39, 0.29) is 24.5 Å². The SMILES string of the molecule is CC1CCCC(CO)(NC(=O)C2OCCC2C)C1. The molecule has 4 heteroatoms. The van der Waals surface area contributed by atoms with Gasteiger partial charge in [-0.1, -0.05) is 26.7 Å². The van der Waals surface area contributed by atoms with Crippen molar-refractivity contribution in [1.29, 1.82) is 0 Å². The van der Waals surface area contributed by atoms with Crippen molar-refractivity contribution in [2.24, 2.45) is 11.8 Å². The summed E-state index contributed by atoms with van der Waals surface area (Å²) < 4.78 is 5.49. The van der Waals surface area contributed by atoms with Crippen molar-refractivity contribution in [2.45, 2.75) is 57.6 Å². The highest BCUT2D eigenvalue weighted by atomic mass is 16.5. The summed E-state index contributed by atoms with van der Waals surface area (Å²) in [5.41, 5.74) is -0.416. The fourth-order valence-electron chi connectivity index (χ4n) is 3.32. The van der Waals surface area contributed by atoms with Gasteiger partial charge in [0, 0.05) is 6.61 Å². The molecule has 1 aliphatic heterocycles. The summed E-state index contributed by atoms with van der Waals surface area (Å²) in [6.07, 6.45) is 4.62. The predicted octanol–water partition coefficient (Wildman–Crippen LogP) is 1.47. The first kappa shape index (κ1) is 13.8. The molecule has 18 heavy (non-hydrogen) atoms. The molecule has 0 aromatic rings. The second-order valence-electron chi connectivity index (χ2n) is 6.19. The van der Waals surface area contributed by atoms with E-state index in [2.05, 4.69) is 12.2 Å². The molecule has 104 valence electrons. The molecule has 4 unspecified atom stereocenters. The van der Waals surface area contributed by atoms with E-state index < -0.39 is 5.54 Å². The van der Waals surface area contributed by atoms with Gasteiger partial charge in [0.25, 0.3) is 0 Å². The molecule has 0 aromatic carbocycles. The Balaban J connectivity index is 1.99. The number of rotatable bonds is 3. The number of aliphatic hydroxyl groups is 1. The number of amides is 1. The minimum Gasteiger partial charge on any atom is -0.394 e. The maximum atomic E-state index is 12.2. The van der Waals surface area contributed by atoms with Crippen LogP contribution in [0.5, 0.6) is 0 Å². The van der Waals surface area contributed by atoms with Gasteiger partial charge in [0.15, 0.2) is 0 Å². The van der Waals surface area contributed by atoms with Crippen LogP contribution in [0.3, 0.4) is 0 Å². The fraction of sp³-hybridized carbons (Fsp3) is 0.929. The van der Waals surface area contributed by atoms with E-state index in [1.54, 1.807) is 0 Å². The largest absolute Gasteiger partial charge is 0.394 e. The molecule has 2 rings (SSSR count). The van der Waals surface area contributed by atoms with E-state index in [1.807, 2.05) is 6.92 Å². The van der Waals surface area contributed by atoms with E-state index in [9.17, 15) is 9.90 Å². The van der Waals surface area contributed by atoms with Crippen molar-refractivity contribution >= 4 is 5.91 Å². The third-order valence-corrected chi connectivity index (χ3v) is 4.43. The van der Waals surface area contributed by atoms with Gasteiger partial charge >= 0.3 is 0 Å². The molecule has 0 spiro atoms. The number of aliphatic hydroxyl groups excluding tert-OH is 1. The minimum absolute atomic E-state index is 0.0319. The molecular weight excluding hydrogens is 230 g/mol. The van der Waals surface area contributed by atoms with E-state index >= 15 is 0 Å². The van der Waals surface area contributed by atoms with Gasteiger partial charge in [0.05, 0.1) is 12.1 Å². The number of hydrogen-bond donors (Lipinski definition) is 2. The van der Waals surface area contributed by atoms with Crippen LogP contribution < -0.4 is 5.32 Å². The molecule has 1 heterocycles. The summed E-state index contributed by atoms with van der Waals surface area (Å²) in [6, 6.07) is 0. The van der Waals surface area contributed by atoms with Crippen LogP contribution in [0.2, 0.25) is 0 Å². The van der Waals surface area contributed by atoms with E-state index in [4.69, 9.17) is 4.74 Å². The van der Waals surface area contributed by atoms with Crippen LogP contribution in [-0.2, 0) is 9.53 Å². The van der Waals surface area contributed by atoms with Crippen molar-refractivity contribution < 1.29 is 14.6 Å². The average Bonchev–Trinajstić information content (AvgIpc) is 2.75. The van der Waals surface area contributed by atoms with Crippen LogP contribution >= 0.6 is 0 Å². The molecule has 1 saturated carbocycles. The molecule has 4 atom stereocenters. The van der Waals surface area contributed by atoms with Crippen molar-refractivity contribution in [3.8, 4) is 0 Å². The highest BCUT2D eigenvalue weighted by molar-refractivity contribution is 5.82. The Morgan fingerprint density at radius 3 is 2.78 bits per heavy atom. The number of carbonyl (C=O) groups excluding carboxylic acids is 1. The zero-order valence-corrected chi connectivity index (χ0v) is 11.4. The van der Waals surface area contributed by atoms with Gasteiger partial charge < -0.3 is 15.2 Å². The second-order valence-corrected chi connectivity index (χ2v) is 6.19. The monoisotopic (exact) mass is 255 g/mol.